The molecule has 0 atom stereocenters. The highest BCUT2D eigenvalue weighted by molar-refractivity contribution is 5.95. The number of aromatic nitrogens is 2. The van der Waals surface area contributed by atoms with Crippen LogP contribution in [0.4, 0.5) is 14.5 Å². The van der Waals surface area contributed by atoms with Crippen LogP contribution in [0.15, 0.2) is 24.4 Å². The summed E-state index contributed by atoms with van der Waals surface area (Å²) in [6.07, 6.45) is 1.50. The molecule has 0 aliphatic rings. The van der Waals surface area contributed by atoms with Crippen LogP contribution in [-0.2, 0) is 13.6 Å². The lowest BCUT2D eigenvalue weighted by Crippen LogP contribution is -2.26. The summed E-state index contributed by atoms with van der Waals surface area (Å²) >= 11 is 0. The number of hydrogen-bond acceptors (Lipinski definition) is 4. The second-order valence-electron chi connectivity index (χ2n) is 4.14. The Morgan fingerprint density at radius 3 is 2.71 bits per heavy atom. The van der Waals surface area contributed by atoms with E-state index in [2.05, 4.69) is 10.4 Å². The largest absolute Gasteiger partial charge is 0.346 e. The van der Waals surface area contributed by atoms with Crippen LogP contribution in [0.1, 0.15) is 16.1 Å². The van der Waals surface area contributed by atoms with Crippen LogP contribution in [0, 0.1) is 21.7 Å². The van der Waals surface area contributed by atoms with E-state index in [9.17, 15) is 23.7 Å². The zero-order valence-electron chi connectivity index (χ0n) is 10.8. The molecule has 1 aromatic carbocycles. The Balaban J connectivity index is 2.25. The molecule has 1 amide bonds. The van der Waals surface area contributed by atoms with Gasteiger partial charge in [-0.05, 0) is 12.1 Å². The van der Waals surface area contributed by atoms with E-state index in [1.807, 2.05) is 0 Å². The van der Waals surface area contributed by atoms with Crippen LogP contribution in [0.2, 0.25) is 0 Å². The van der Waals surface area contributed by atoms with Crippen LogP contribution < -0.4 is 5.32 Å². The number of carbonyl (C=O) groups excluding carboxylic acids is 1. The number of nitro groups is 1. The van der Waals surface area contributed by atoms with Crippen molar-refractivity contribution in [1.29, 1.82) is 0 Å². The standard InChI is InChI=1S/C12H10F2N4O3/c1-17-7(4-5-16-17)6-15-12(19)10-8(13)2-3-9(11(10)14)18(20)21/h2-5H,6H2,1H3,(H,15,19). The minimum absolute atomic E-state index is 0.0170. The highest BCUT2D eigenvalue weighted by Crippen LogP contribution is 2.23. The Hall–Kier alpha value is -2.84. The minimum atomic E-state index is -1.50. The summed E-state index contributed by atoms with van der Waals surface area (Å²) in [7, 11) is 1.63. The maximum Gasteiger partial charge on any atom is 0.305 e. The first-order valence-electron chi connectivity index (χ1n) is 5.79. The van der Waals surface area contributed by atoms with Gasteiger partial charge in [0.25, 0.3) is 5.91 Å². The molecule has 110 valence electrons. The van der Waals surface area contributed by atoms with Crippen LogP contribution in [0.25, 0.3) is 0 Å². The van der Waals surface area contributed by atoms with E-state index in [-0.39, 0.29) is 6.54 Å². The highest BCUT2D eigenvalue weighted by Gasteiger charge is 2.26. The summed E-state index contributed by atoms with van der Waals surface area (Å²) in [6.45, 7) is -0.0170. The van der Waals surface area contributed by atoms with Gasteiger partial charge in [-0.2, -0.15) is 9.49 Å². The minimum Gasteiger partial charge on any atom is -0.346 e. The van der Waals surface area contributed by atoms with Crippen LogP contribution in [0.3, 0.4) is 0 Å². The molecule has 21 heavy (non-hydrogen) atoms. The average Bonchev–Trinajstić information content (AvgIpc) is 2.81. The molecule has 0 fully saturated rings. The van der Waals surface area contributed by atoms with Crippen molar-refractivity contribution in [3.05, 3.63) is 57.4 Å². The van der Waals surface area contributed by atoms with Gasteiger partial charge in [-0.1, -0.05) is 0 Å². The van der Waals surface area contributed by atoms with Crippen molar-refractivity contribution in [3.63, 3.8) is 0 Å². The Bertz CT molecular complexity index is 715. The molecule has 7 nitrogen and oxygen atoms in total. The number of rotatable bonds is 4. The van der Waals surface area contributed by atoms with Crippen LogP contribution >= 0.6 is 0 Å². The van der Waals surface area contributed by atoms with Crippen molar-refractivity contribution in [1.82, 2.24) is 15.1 Å². The van der Waals surface area contributed by atoms with Crippen molar-refractivity contribution in [2.75, 3.05) is 0 Å². The second kappa shape index (κ2) is 5.65. The molecule has 0 saturated heterocycles. The molecule has 1 aromatic heterocycles. The van der Waals surface area contributed by atoms with Gasteiger partial charge in [0.05, 0.1) is 17.2 Å². The van der Waals surface area contributed by atoms with Crippen LogP contribution in [0.5, 0.6) is 0 Å². The molecular weight excluding hydrogens is 286 g/mol. The smallest absolute Gasteiger partial charge is 0.305 e. The van der Waals surface area contributed by atoms with E-state index in [1.165, 1.54) is 10.9 Å². The first-order valence-corrected chi connectivity index (χ1v) is 5.79. The molecule has 2 aromatic rings. The van der Waals surface area contributed by atoms with Gasteiger partial charge in [-0.3, -0.25) is 19.6 Å². The van der Waals surface area contributed by atoms with E-state index in [0.717, 1.165) is 0 Å². The van der Waals surface area contributed by atoms with Crippen molar-refractivity contribution in [2.45, 2.75) is 6.54 Å². The lowest BCUT2D eigenvalue weighted by atomic mass is 10.1. The fourth-order valence-corrected chi connectivity index (χ4v) is 1.72. The summed E-state index contributed by atoms with van der Waals surface area (Å²) in [5.41, 5.74) is -1.33. The van der Waals surface area contributed by atoms with Crippen molar-refractivity contribution in [2.24, 2.45) is 7.05 Å². The summed E-state index contributed by atoms with van der Waals surface area (Å²) in [4.78, 5) is 21.4. The predicted octanol–water partition coefficient (Wildman–Crippen LogP) is 1.54. The normalized spacial score (nSPS) is 10.4. The molecule has 1 heterocycles. The number of nitrogens with zero attached hydrogens (tertiary/aromatic N) is 3. The Labute approximate surface area is 117 Å². The Morgan fingerprint density at radius 2 is 2.14 bits per heavy atom. The third-order valence-corrected chi connectivity index (χ3v) is 2.85. The average molecular weight is 296 g/mol. The Kier molecular flexibility index (Phi) is 3.92. The van der Waals surface area contributed by atoms with E-state index < -0.39 is 33.7 Å². The molecule has 0 saturated carbocycles. The highest BCUT2D eigenvalue weighted by atomic mass is 19.1. The number of nitro benzene ring substituents is 1. The maximum absolute atomic E-state index is 13.8. The predicted molar refractivity (Wildman–Crippen MR) is 67.4 cm³/mol. The van der Waals surface area contributed by atoms with E-state index >= 15 is 0 Å². The maximum atomic E-state index is 13.8. The van der Waals surface area contributed by atoms with Gasteiger partial charge < -0.3 is 5.32 Å². The SMILES string of the molecule is Cn1nccc1CNC(=O)c1c(F)ccc([N+](=O)[O-])c1F. The number of carbonyl (C=O) groups is 1. The molecule has 0 aliphatic heterocycles. The number of amides is 1. The molecule has 0 spiro atoms. The number of nitrogens with one attached hydrogen (secondary N) is 1. The number of hydrogen-bond donors (Lipinski definition) is 1. The fourth-order valence-electron chi connectivity index (χ4n) is 1.72. The van der Waals surface area contributed by atoms with Crippen molar-refractivity contribution >= 4 is 11.6 Å². The van der Waals surface area contributed by atoms with Crippen molar-refractivity contribution in [3.8, 4) is 0 Å². The Morgan fingerprint density at radius 1 is 1.43 bits per heavy atom. The van der Waals surface area contributed by atoms with Gasteiger partial charge in [-0.25, -0.2) is 4.39 Å². The lowest BCUT2D eigenvalue weighted by molar-refractivity contribution is -0.387. The fraction of sp³-hybridized carbons (Fsp3) is 0.167. The van der Waals surface area contributed by atoms with Gasteiger partial charge >= 0.3 is 5.69 Å². The summed E-state index contributed by atoms with van der Waals surface area (Å²) in [5.74, 6) is -3.74. The summed E-state index contributed by atoms with van der Waals surface area (Å²) in [5, 5.41) is 16.8. The van der Waals surface area contributed by atoms with Crippen molar-refractivity contribution < 1.29 is 18.5 Å². The molecule has 0 radical (unpaired) electrons. The quantitative estimate of drug-likeness (QED) is 0.684. The van der Waals surface area contributed by atoms with E-state index in [4.69, 9.17) is 0 Å². The zero-order valence-corrected chi connectivity index (χ0v) is 10.8. The molecule has 2 rings (SSSR count). The van der Waals surface area contributed by atoms with E-state index in [1.54, 1.807) is 13.1 Å². The number of aryl methyl sites for hydroxylation is 1. The summed E-state index contributed by atoms with van der Waals surface area (Å²) in [6, 6.07) is 2.96. The lowest BCUT2D eigenvalue weighted by Gasteiger charge is -2.07. The first-order chi connectivity index (χ1) is 9.91. The van der Waals surface area contributed by atoms with Gasteiger partial charge in [-0.15, -0.1) is 0 Å². The van der Waals surface area contributed by atoms with Gasteiger partial charge in [0.1, 0.15) is 11.4 Å². The topological polar surface area (TPSA) is 90.1 Å². The third kappa shape index (κ3) is 2.86. The molecule has 1 N–H and O–H groups in total. The zero-order chi connectivity index (χ0) is 15.6. The van der Waals surface area contributed by atoms with E-state index in [0.29, 0.717) is 17.8 Å². The van der Waals surface area contributed by atoms with Crippen LogP contribution in [-0.4, -0.2) is 20.6 Å². The summed E-state index contributed by atoms with van der Waals surface area (Å²) < 4.78 is 28.8. The van der Waals surface area contributed by atoms with Gasteiger partial charge in [0.2, 0.25) is 5.82 Å². The molecular formula is C12H10F2N4O3. The first kappa shape index (κ1) is 14.6. The molecule has 0 aliphatic carbocycles. The monoisotopic (exact) mass is 296 g/mol. The second-order valence-corrected chi connectivity index (χ2v) is 4.14. The molecule has 0 bridgehead atoms. The number of benzene rings is 1. The third-order valence-electron chi connectivity index (χ3n) is 2.85. The molecule has 9 heteroatoms. The number of halogens is 2. The van der Waals surface area contributed by atoms with Gasteiger partial charge in [0, 0.05) is 19.3 Å². The van der Waals surface area contributed by atoms with Gasteiger partial charge in [0.15, 0.2) is 0 Å². The molecule has 0 unspecified atom stereocenters.